The molecule has 1 nitrogen and oxygen atoms in total. The summed E-state index contributed by atoms with van der Waals surface area (Å²) in [6, 6.07) is 10.5. The van der Waals surface area contributed by atoms with Gasteiger partial charge in [-0.3, -0.25) is 0 Å². The van der Waals surface area contributed by atoms with E-state index >= 15 is 0 Å². The Kier molecular flexibility index (Phi) is 5.42. The van der Waals surface area contributed by atoms with Gasteiger partial charge in [-0.25, -0.2) is 0 Å². The molecule has 2 heteroatoms. The number of hydrogen-bond acceptors (Lipinski definition) is 2. The minimum atomic E-state index is 0.918. The standard InChI is InChI=1S/C12H17NS/c1-11(8-13-2)9-14-10-12-6-4-3-5-7-12/h3-7,13H,1,8-10H2,2H3. The van der Waals surface area contributed by atoms with Gasteiger partial charge in [0.05, 0.1) is 0 Å². The van der Waals surface area contributed by atoms with Crippen molar-refractivity contribution >= 4 is 11.8 Å². The highest BCUT2D eigenvalue weighted by molar-refractivity contribution is 7.98. The van der Waals surface area contributed by atoms with Gasteiger partial charge in [-0.2, -0.15) is 11.8 Å². The van der Waals surface area contributed by atoms with Crippen molar-refractivity contribution in [2.75, 3.05) is 19.3 Å². The van der Waals surface area contributed by atoms with Crippen molar-refractivity contribution < 1.29 is 0 Å². The lowest BCUT2D eigenvalue weighted by Gasteiger charge is -2.04. The molecule has 0 amide bonds. The average Bonchev–Trinajstić information content (AvgIpc) is 2.20. The molecule has 0 aliphatic carbocycles. The van der Waals surface area contributed by atoms with E-state index in [1.165, 1.54) is 11.1 Å². The van der Waals surface area contributed by atoms with Crippen LogP contribution in [0.3, 0.4) is 0 Å². The lowest BCUT2D eigenvalue weighted by Crippen LogP contribution is -2.10. The molecule has 14 heavy (non-hydrogen) atoms. The smallest absolute Gasteiger partial charge is 0.0187 e. The molecule has 1 N–H and O–H groups in total. The number of thioether (sulfide) groups is 1. The first-order valence-electron chi connectivity index (χ1n) is 4.76. The van der Waals surface area contributed by atoms with Crippen LogP contribution in [0, 0.1) is 0 Å². The Morgan fingerprint density at radius 2 is 2.07 bits per heavy atom. The third-order valence-electron chi connectivity index (χ3n) is 1.84. The zero-order chi connectivity index (χ0) is 10.2. The molecule has 0 spiro atoms. The fraction of sp³-hybridized carbons (Fsp3) is 0.333. The lowest BCUT2D eigenvalue weighted by molar-refractivity contribution is 0.885. The summed E-state index contributed by atoms with van der Waals surface area (Å²) < 4.78 is 0. The third-order valence-corrected chi connectivity index (χ3v) is 2.99. The van der Waals surface area contributed by atoms with E-state index in [-0.39, 0.29) is 0 Å². The van der Waals surface area contributed by atoms with Crippen LogP contribution in [0.5, 0.6) is 0 Å². The van der Waals surface area contributed by atoms with Gasteiger partial charge in [0, 0.05) is 18.1 Å². The van der Waals surface area contributed by atoms with Gasteiger partial charge in [0.2, 0.25) is 0 Å². The molecule has 0 aliphatic rings. The molecular weight excluding hydrogens is 190 g/mol. The second kappa shape index (κ2) is 6.68. The molecular formula is C12H17NS. The molecule has 0 heterocycles. The molecule has 0 aromatic heterocycles. The van der Waals surface area contributed by atoms with Crippen LogP contribution >= 0.6 is 11.8 Å². The first-order chi connectivity index (χ1) is 6.83. The molecule has 76 valence electrons. The maximum atomic E-state index is 3.99. The summed E-state index contributed by atoms with van der Waals surface area (Å²) in [6.07, 6.45) is 0. The van der Waals surface area contributed by atoms with Crippen LogP contribution in [0.15, 0.2) is 42.5 Å². The van der Waals surface area contributed by atoms with Crippen LogP contribution in [0.4, 0.5) is 0 Å². The number of hydrogen-bond donors (Lipinski definition) is 1. The zero-order valence-electron chi connectivity index (χ0n) is 8.62. The van der Waals surface area contributed by atoms with E-state index in [9.17, 15) is 0 Å². The Hall–Kier alpha value is -0.730. The largest absolute Gasteiger partial charge is 0.316 e. The summed E-state index contributed by atoms with van der Waals surface area (Å²) in [5, 5.41) is 3.10. The van der Waals surface area contributed by atoms with Crippen molar-refractivity contribution in [2.24, 2.45) is 0 Å². The second-order valence-electron chi connectivity index (χ2n) is 3.26. The molecule has 0 saturated heterocycles. The Balaban J connectivity index is 2.19. The highest BCUT2D eigenvalue weighted by atomic mass is 32.2. The normalized spacial score (nSPS) is 10.1. The van der Waals surface area contributed by atoms with Crippen molar-refractivity contribution in [3.63, 3.8) is 0 Å². The summed E-state index contributed by atoms with van der Waals surface area (Å²) in [6.45, 7) is 4.91. The fourth-order valence-corrected chi connectivity index (χ4v) is 2.11. The Morgan fingerprint density at radius 1 is 1.36 bits per heavy atom. The number of likely N-dealkylation sites (N-methyl/N-ethyl adjacent to an activating group) is 1. The Morgan fingerprint density at radius 3 is 2.71 bits per heavy atom. The highest BCUT2D eigenvalue weighted by Gasteiger charge is 1.94. The van der Waals surface area contributed by atoms with E-state index in [2.05, 4.69) is 36.2 Å². The van der Waals surface area contributed by atoms with Crippen LogP contribution in [-0.2, 0) is 5.75 Å². The van der Waals surface area contributed by atoms with Gasteiger partial charge in [-0.15, -0.1) is 0 Å². The molecule has 0 unspecified atom stereocenters. The Labute approximate surface area is 90.6 Å². The van der Waals surface area contributed by atoms with E-state index < -0.39 is 0 Å². The van der Waals surface area contributed by atoms with Crippen molar-refractivity contribution in [2.45, 2.75) is 5.75 Å². The summed E-state index contributed by atoms with van der Waals surface area (Å²) in [7, 11) is 1.95. The van der Waals surface area contributed by atoms with Gasteiger partial charge in [0.1, 0.15) is 0 Å². The van der Waals surface area contributed by atoms with E-state index in [0.717, 1.165) is 18.1 Å². The average molecular weight is 207 g/mol. The van der Waals surface area contributed by atoms with Crippen molar-refractivity contribution in [1.82, 2.24) is 5.32 Å². The summed E-state index contributed by atoms with van der Waals surface area (Å²) >= 11 is 1.91. The van der Waals surface area contributed by atoms with Crippen LogP contribution in [0.2, 0.25) is 0 Å². The van der Waals surface area contributed by atoms with Crippen LogP contribution < -0.4 is 5.32 Å². The fourth-order valence-electron chi connectivity index (χ4n) is 1.19. The maximum Gasteiger partial charge on any atom is 0.0187 e. The molecule has 0 aliphatic heterocycles. The molecule has 0 radical (unpaired) electrons. The predicted molar refractivity (Wildman–Crippen MR) is 65.7 cm³/mol. The van der Waals surface area contributed by atoms with Crippen molar-refractivity contribution in [3.8, 4) is 0 Å². The van der Waals surface area contributed by atoms with E-state index in [1.54, 1.807) is 0 Å². The molecule has 0 bridgehead atoms. The van der Waals surface area contributed by atoms with Crippen molar-refractivity contribution in [1.29, 1.82) is 0 Å². The monoisotopic (exact) mass is 207 g/mol. The molecule has 0 fully saturated rings. The minimum absolute atomic E-state index is 0.918. The maximum absolute atomic E-state index is 3.99. The van der Waals surface area contributed by atoms with E-state index in [1.807, 2.05) is 24.9 Å². The highest BCUT2D eigenvalue weighted by Crippen LogP contribution is 2.13. The molecule has 0 atom stereocenters. The van der Waals surface area contributed by atoms with Crippen LogP contribution in [-0.4, -0.2) is 19.3 Å². The third kappa shape index (κ3) is 4.49. The topological polar surface area (TPSA) is 12.0 Å². The summed E-state index contributed by atoms with van der Waals surface area (Å²) in [5.41, 5.74) is 2.64. The number of benzene rings is 1. The first-order valence-corrected chi connectivity index (χ1v) is 5.91. The molecule has 1 rings (SSSR count). The first kappa shape index (κ1) is 11.3. The van der Waals surface area contributed by atoms with Gasteiger partial charge in [0.15, 0.2) is 0 Å². The van der Waals surface area contributed by atoms with Gasteiger partial charge in [0.25, 0.3) is 0 Å². The minimum Gasteiger partial charge on any atom is -0.316 e. The summed E-state index contributed by atoms with van der Waals surface area (Å²) in [5.74, 6) is 2.11. The zero-order valence-corrected chi connectivity index (χ0v) is 9.44. The van der Waals surface area contributed by atoms with Crippen LogP contribution in [0.1, 0.15) is 5.56 Å². The number of rotatable bonds is 6. The van der Waals surface area contributed by atoms with Crippen molar-refractivity contribution in [3.05, 3.63) is 48.0 Å². The van der Waals surface area contributed by atoms with E-state index in [0.29, 0.717) is 0 Å². The predicted octanol–water partition coefficient (Wildman–Crippen LogP) is 2.70. The second-order valence-corrected chi connectivity index (χ2v) is 4.24. The van der Waals surface area contributed by atoms with Gasteiger partial charge in [-0.1, -0.05) is 42.5 Å². The molecule has 1 aromatic carbocycles. The van der Waals surface area contributed by atoms with Crippen LogP contribution in [0.25, 0.3) is 0 Å². The quantitative estimate of drug-likeness (QED) is 0.720. The van der Waals surface area contributed by atoms with E-state index in [4.69, 9.17) is 0 Å². The molecule has 1 aromatic rings. The molecule has 0 saturated carbocycles. The van der Waals surface area contributed by atoms with Gasteiger partial charge < -0.3 is 5.32 Å². The van der Waals surface area contributed by atoms with Gasteiger partial charge >= 0.3 is 0 Å². The Bertz CT molecular complexity index is 269. The van der Waals surface area contributed by atoms with Gasteiger partial charge in [-0.05, 0) is 12.6 Å². The SMILES string of the molecule is C=C(CNC)CSCc1ccccc1. The lowest BCUT2D eigenvalue weighted by atomic mass is 10.2. The summed E-state index contributed by atoms with van der Waals surface area (Å²) in [4.78, 5) is 0. The number of nitrogens with one attached hydrogen (secondary N) is 1.